The lowest BCUT2D eigenvalue weighted by Crippen LogP contribution is -2.59. The van der Waals surface area contributed by atoms with E-state index in [-0.39, 0.29) is 45.7 Å². The molecule has 5 amide bonds. The molecule has 5 atom stereocenters. The predicted octanol–water partition coefficient (Wildman–Crippen LogP) is 2.41. The standard InChI is InChI=1S/C37H49N5O13S2/c1-36(2,3)55-35(47)42(56(4,48)49)27-11-9-7-5-6-8-10-23-17-37(23,33(45)39-57(50,51)25-13-14-25)38-31(43)28-16-24(19-41(28)32(27)44)54-34(46)40-18-22-12-15-29-30(26(22)20-40)53-21-52-29/h8,10,12,15,23-25,27-28H,5-7,9,11,13-14,16-21H2,1-4H3,(H,38,43)(H,39,45)/b10-8-/t23-,24-,27+,28+,37-/m1/s1. The first kappa shape index (κ1) is 40.6. The average Bonchev–Trinajstić information content (AvgIpc) is 3.90. The number of carbonyl (C=O) groups is 5. The molecule has 1 aromatic rings. The number of allylic oxidation sites excluding steroid dienone is 1. The summed E-state index contributed by atoms with van der Waals surface area (Å²) in [6.07, 6.45) is 3.91. The normalized spacial score (nSPS) is 28.1. The molecule has 4 aliphatic heterocycles. The Bertz CT molecular complexity index is 2100. The summed E-state index contributed by atoms with van der Waals surface area (Å²) in [6, 6.07) is 0.533. The second-order valence-electron chi connectivity index (χ2n) is 16.6. The Balaban J connectivity index is 1.19. The van der Waals surface area contributed by atoms with Gasteiger partial charge in [0.2, 0.25) is 38.7 Å². The summed E-state index contributed by atoms with van der Waals surface area (Å²) in [5, 5.41) is 2.04. The topological polar surface area (TPSA) is 224 Å². The van der Waals surface area contributed by atoms with Crippen molar-refractivity contribution in [2.75, 3.05) is 19.6 Å². The SMILES string of the molecule is CC(C)(C)OC(=O)N([C@H]1CCCCC/C=C\[C@@H]2C[C@@]2(C(=O)NS(=O)(=O)C2CC2)NC(=O)[C@@H]2C[C@@H](OC(=O)N3Cc4ccc5c(c4C3)OCO5)CN2C1=O)S(C)(=O)=O. The van der Waals surface area contributed by atoms with Gasteiger partial charge < -0.3 is 29.2 Å². The molecule has 0 unspecified atom stereocenters. The van der Waals surface area contributed by atoms with Gasteiger partial charge in [-0.3, -0.25) is 24.0 Å². The molecule has 20 heteroatoms. The van der Waals surface area contributed by atoms with Gasteiger partial charge in [0.15, 0.2) is 11.5 Å². The first-order valence-electron chi connectivity index (χ1n) is 19.2. The Kier molecular flexibility index (Phi) is 10.7. The van der Waals surface area contributed by atoms with E-state index in [2.05, 4.69) is 10.0 Å². The minimum absolute atomic E-state index is 0.0492. The number of amides is 5. The third-order valence-electron chi connectivity index (χ3n) is 11.0. The zero-order valence-corrected chi connectivity index (χ0v) is 34.0. The number of nitrogens with zero attached hydrogens (tertiary/aromatic N) is 3. The summed E-state index contributed by atoms with van der Waals surface area (Å²) in [4.78, 5) is 72.7. The highest BCUT2D eigenvalue weighted by atomic mass is 32.2. The van der Waals surface area contributed by atoms with E-state index in [1.807, 2.05) is 12.1 Å². The lowest BCUT2D eigenvalue weighted by Gasteiger charge is -2.35. The zero-order valence-electron chi connectivity index (χ0n) is 32.4. The van der Waals surface area contributed by atoms with Crippen LogP contribution in [0.25, 0.3) is 0 Å². The highest BCUT2D eigenvalue weighted by molar-refractivity contribution is 7.91. The number of sulfonamides is 2. The van der Waals surface area contributed by atoms with Gasteiger partial charge in [-0.2, -0.15) is 4.31 Å². The van der Waals surface area contributed by atoms with E-state index in [9.17, 15) is 40.8 Å². The van der Waals surface area contributed by atoms with Crippen molar-refractivity contribution in [3.05, 3.63) is 35.4 Å². The Labute approximate surface area is 331 Å². The number of carbonyl (C=O) groups excluding carboxylic acids is 5. The lowest BCUT2D eigenvalue weighted by atomic mass is 10.0. The van der Waals surface area contributed by atoms with Crippen LogP contribution >= 0.6 is 0 Å². The summed E-state index contributed by atoms with van der Waals surface area (Å²) < 4.78 is 77.3. The van der Waals surface area contributed by atoms with Crippen molar-refractivity contribution in [3.8, 4) is 11.5 Å². The fraction of sp³-hybridized carbons (Fsp3) is 0.649. The molecule has 18 nitrogen and oxygen atoms in total. The fourth-order valence-corrected chi connectivity index (χ4v) is 10.2. The molecule has 0 aromatic heterocycles. The van der Waals surface area contributed by atoms with Crippen molar-refractivity contribution in [2.45, 2.75) is 126 Å². The number of benzene rings is 1. The molecular weight excluding hydrogens is 787 g/mol. The molecule has 6 aliphatic rings. The summed E-state index contributed by atoms with van der Waals surface area (Å²) in [5.74, 6) is -2.09. The van der Waals surface area contributed by atoms with Gasteiger partial charge in [0, 0.05) is 24.4 Å². The van der Waals surface area contributed by atoms with Crippen LogP contribution in [0.5, 0.6) is 11.5 Å². The Morgan fingerprint density at radius 2 is 1.77 bits per heavy atom. The quantitative estimate of drug-likeness (QED) is 0.394. The van der Waals surface area contributed by atoms with Gasteiger partial charge in [0.25, 0.3) is 5.91 Å². The van der Waals surface area contributed by atoms with Crippen molar-refractivity contribution >= 4 is 50.0 Å². The number of ether oxygens (including phenoxy) is 4. The van der Waals surface area contributed by atoms with Crippen LogP contribution in [0.1, 0.15) is 89.7 Å². The average molecular weight is 836 g/mol. The lowest BCUT2D eigenvalue weighted by molar-refractivity contribution is -0.142. The summed E-state index contributed by atoms with van der Waals surface area (Å²) in [5.41, 5.74) is -1.18. The van der Waals surface area contributed by atoms with Crippen LogP contribution in [0.3, 0.4) is 0 Å². The van der Waals surface area contributed by atoms with E-state index in [0.717, 1.165) is 22.3 Å². The van der Waals surface area contributed by atoms with E-state index in [4.69, 9.17) is 18.9 Å². The number of fused-ring (bicyclic) bond motifs is 5. The van der Waals surface area contributed by atoms with Gasteiger partial charge in [-0.1, -0.05) is 31.1 Å². The van der Waals surface area contributed by atoms with Crippen molar-refractivity contribution in [1.82, 2.24) is 24.1 Å². The van der Waals surface area contributed by atoms with Crippen LogP contribution in [0, 0.1) is 5.92 Å². The second-order valence-corrected chi connectivity index (χ2v) is 20.4. The minimum atomic E-state index is -4.43. The molecular formula is C37H49N5O13S2. The van der Waals surface area contributed by atoms with Gasteiger partial charge in [0.05, 0.1) is 24.6 Å². The van der Waals surface area contributed by atoms with Gasteiger partial charge in [-0.15, -0.1) is 0 Å². The molecule has 312 valence electrons. The van der Waals surface area contributed by atoms with Crippen molar-refractivity contribution < 1.29 is 59.8 Å². The first-order chi connectivity index (χ1) is 26.8. The maximum atomic E-state index is 14.8. The maximum absolute atomic E-state index is 14.8. The van der Waals surface area contributed by atoms with E-state index in [1.54, 1.807) is 32.9 Å². The maximum Gasteiger partial charge on any atom is 0.424 e. The molecule has 2 saturated carbocycles. The minimum Gasteiger partial charge on any atom is -0.454 e. The van der Waals surface area contributed by atoms with Crippen LogP contribution < -0.4 is 19.5 Å². The third-order valence-corrected chi connectivity index (χ3v) is 13.9. The highest BCUT2D eigenvalue weighted by Crippen LogP contribution is 2.46. The van der Waals surface area contributed by atoms with E-state index in [1.165, 1.54) is 4.90 Å². The Morgan fingerprint density at radius 1 is 1.02 bits per heavy atom. The van der Waals surface area contributed by atoms with Crippen molar-refractivity contribution in [1.29, 1.82) is 0 Å². The van der Waals surface area contributed by atoms with Gasteiger partial charge in [-0.05, 0) is 70.9 Å². The number of nitrogens with one attached hydrogen (secondary N) is 2. The molecule has 7 rings (SSSR count). The van der Waals surface area contributed by atoms with E-state index in [0.29, 0.717) is 54.3 Å². The molecule has 1 aromatic carbocycles. The largest absolute Gasteiger partial charge is 0.454 e. The third kappa shape index (κ3) is 8.51. The zero-order chi connectivity index (χ0) is 41.1. The van der Waals surface area contributed by atoms with Gasteiger partial charge >= 0.3 is 12.2 Å². The molecule has 0 spiro atoms. The smallest absolute Gasteiger partial charge is 0.424 e. The Hall–Kier alpha value is -4.59. The van der Waals surface area contributed by atoms with Crippen LogP contribution in [0.2, 0.25) is 0 Å². The van der Waals surface area contributed by atoms with E-state index >= 15 is 0 Å². The molecule has 0 radical (unpaired) electrons. The van der Waals surface area contributed by atoms with E-state index < -0.39 is 90.5 Å². The Morgan fingerprint density at radius 3 is 2.47 bits per heavy atom. The molecule has 3 fully saturated rings. The van der Waals surface area contributed by atoms with Crippen LogP contribution in [0.15, 0.2) is 24.3 Å². The van der Waals surface area contributed by atoms with Crippen molar-refractivity contribution in [3.63, 3.8) is 0 Å². The first-order valence-corrected chi connectivity index (χ1v) is 22.6. The van der Waals surface area contributed by atoms with Gasteiger partial charge in [0.1, 0.15) is 29.3 Å². The number of hydrogen-bond donors (Lipinski definition) is 2. The molecule has 1 saturated heterocycles. The molecule has 2 aliphatic carbocycles. The van der Waals surface area contributed by atoms with Crippen molar-refractivity contribution in [2.24, 2.45) is 5.92 Å². The monoisotopic (exact) mass is 835 g/mol. The van der Waals surface area contributed by atoms with Crippen LogP contribution in [0.4, 0.5) is 9.59 Å². The van der Waals surface area contributed by atoms with Gasteiger partial charge in [-0.25, -0.2) is 26.4 Å². The fourth-order valence-electron chi connectivity index (χ4n) is 7.90. The highest BCUT2D eigenvalue weighted by Gasteiger charge is 2.62. The summed E-state index contributed by atoms with van der Waals surface area (Å²) >= 11 is 0. The second kappa shape index (κ2) is 15.0. The number of rotatable bonds is 6. The molecule has 4 heterocycles. The van der Waals surface area contributed by atoms with Crippen LogP contribution in [-0.4, -0.2) is 115 Å². The summed E-state index contributed by atoms with van der Waals surface area (Å²) in [7, 11) is -8.42. The predicted molar refractivity (Wildman–Crippen MR) is 200 cm³/mol. The molecule has 57 heavy (non-hydrogen) atoms. The molecule has 2 N–H and O–H groups in total. The number of hydrogen-bond acceptors (Lipinski definition) is 13. The van der Waals surface area contributed by atoms with Crippen LogP contribution in [-0.2, 0) is 57.0 Å². The summed E-state index contributed by atoms with van der Waals surface area (Å²) in [6.45, 7) is 4.70. The molecule has 0 bridgehead atoms.